The van der Waals surface area contributed by atoms with E-state index in [-0.39, 0.29) is 30.1 Å². The van der Waals surface area contributed by atoms with Crippen molar-refractivity contribution in [3.8, 4) is 5.75 Å². The van der Waals surface area contributed by atoms with Crippen LogP contribution in [0.4, 0.5) is 0 Å². The molecule has 1 unspecified atom stereocenters. The number of nitrogens with one attached hydrogen (secondary N) is 2. The number of nitrogens with zero attached hydrogens (tertiary/aromatic N) is 2. The van der Waals surface area contributed by atoms with Gasteiger partial charge in [-0.3, -0.25) is 4.98 Å². The maximum absolute atomic E-state index is 10.6. The highest BCUT2D eigenvalue weighted by Crippen LogP contribution is 2.20. The summed E-state index contributed by atoms with van der Waals surface area (Å²) in [6, 6.07) is 17.6. The van der Waals surface area contributed by atoms with Crippen LogP contribution in [-0.2, 0) is 6.54 Å². The Balaban J connectivity index is 0.00000341. The number of aliphatic hydroxyl groups excluding tert-OH is 1. The summed E-state index contributed by atoms with van der Waals surface area (Å²) in [5.74, 6) is 1.42. The molecule has 0 aliphatic carbocycles. The van der Waals surface area contributed by atoms with Crippen molar-refractivity contribution in [3.05, 3.63) is 71.9 Å². The van der Waals surface area contributed by atoms with E-state index in [9.17, 15) is 5.11 Å². The van der Waals surface area contributed by atoms with Crippen molar-refractivity contribution in [1.29, 1.82) is 0 Å². The minimum absolute atomic E-state index is 0. The van der Waals surface area contributed by atoms with Crippen molar-refractivity contribution in [3.63, 3.8) is 0 Å². The van der Waals surface area contributed by atoms with Gasteiger partial charge in [-0.1, -0.05) is 30.3 Å². The second-order valence-electron chi connectivity index (χ2n) is 7.32. The molecule has 6 nitrogen and oxygen atoms in total. The molecule has 31 heavy (non-hydrogen) atoms. The molecule has 1 aromatic heterocycles. The molecule has 0 amide bonds. The van der Waals surface area contributed by atoms with E-state index in [2.05, 4.69) is 26.7 Å². The summed E-state index contributed by atoms with van der Waals surface area (Å²) in [5.41, 5.74) is 2.87. The quantitative estimate of drug-likeness (QED) is 0.227. The number of benzene rings is 2. The van der Waals surface area contributed by atoms with E-state index in [1.54, 1.807) is 0 Å². The van der Waals surface area contributed by atoms with Gasteiger partial charge in [0.1, 0.15) is 5.75 Å². The first kappa shape index (κ1) is 24.9. The molecular formula is C24H31IN4O2. The standard InChI is InChI=1S/C24H30N4O2.HI/c1-4-25-24(27-15-19-12-13-26-22-11-6-5-10-21(19)22)28-16-23(29)18-8-7-9-20(14-18)30-17(2)3;/h5-14,17,23,29H,4,15-16H2,1-3H3,(H2,25,27,28);1H. The Hall–Kier alpha value is -2.39. The van der Waals surface area contributed by atoms with Crippen LogP contribution in [0, 0.1) is 0 Å². The third kappa shape index (κ3) is 7.36. The summed E-state index contributed by atoms with van der Waals surface area (Å²) in [6.45, 7) is 7.57. The SMILES string of the molecule is CCNC(=NCc1ccnc2ccccc12)NCC(O)c1cccc(OC(C)C)c1.I. The predicted molar refractivity (Wildman–Crippen MR) is 137 cm³/mol. The van der Waals surface area contributed by atoms with Crippen LogP contribution in [0.3, 0.4) is 0 Å². The fourth-order valence-electron chi connectivity index (χ4n) is 3.18. The lowest BCUT2D eigenvalue weighted by Crippen LogP contribution is -2.39. The average molecular weight is 534 g/mol. The maximum atomic E-state index is 10.6. The van der Waals surface area contributed by atoms with Crippen molar-refractivity contribution in [2.24, 2.45) is 4.99 Å². The number of aliphatic imine (C=N–C) groups is 1. The summed E-state index contributed by atoms with van der Waals surface area (Å²) in [6.07, 6.45) is 1.22. The summed E-state index contributed by atoms with van der Waals surface area (Å²) in [7, 11) is 0. The number of para-hydroxylation sites is 1. The first-order valence-corrected chi connectivity index (χ1v) is 10.4. The fraction of sp³-hybridized carbons (Fsp3) is 0.333. The van der Waals surface area contributed by atoms with Crippen LogP contribution in [0.5, 0.6) is 5.75 Å². The first-order valence-electron chi connectivity index (χ1n) is 10.4. The van der Waals surface area contributed by atoms with Gasteiger partial charge in [0.05, 0.1) is 24.3 Å². The molecular weight excluding hydrogens is 503 g/mol. The molecule has 0 radical (unpaired) electrons. The zero-order chi connectivity index (χ0) is 21.3. The zero-order valence-corrected chi connectivity index (χ0v) is 20.5. The molecule has 0 saturated carbocycles. The van der Waals surface area contributed by atoms with E-state index in [0.717, 1.165) is 34.3 Å². The molecule has 0 spiro atoms. The Labute approximate surface area is 201 Å². The van der Waals surface area contributed by atoms with Crippen molar-refractivity contribution >= 4 is 40.8 Å². The molecule has 3 aromatic rings. The number of rotatable bonds is 8. The lowest BCUT2D eigenvalue weighted by molar-refractivity contribution is 0.179. The molecule has 1 heterocycles. The Morgan fingerprint density at radius 1 is 1.10 bits per heavy atom. The van der Waals surface area contributed by atoms with Crippen LogP contribution in [0.1, 0.15) is 38.0 Å². The van der Waals surface area contributed by atoms with Gasteiger partial charge in [-0.2, -0.15) is 0 Å². The third-order valence-electron chi connectivity index (χ3n) is 4.57. The van der Waals surface area contributed by atoms with Gasteiger partial charge in [-0.15, -0.1) is 24.0 Å². The number of aromatic nitrogens is 1. The van der Waals surface area contributed by atoms with Crippen molar-refractivity contribution in [2.75, 3.05) is 13.1 Å². The minimum Gasteiger partial charge on any atom is -0.491 e. The fourth-order valence-corrected chi connectivity index (χ4v) is 3.18. The van der Waals surface area contributed by atoms with Crippen molar-refractivity contribution in [2.45, 2.75) is 39.5 Å². The molecule has 2 aromatic carbocycles. The summed E-state index contributed by atoms with van der Waals surface area (Å²) in [4.78, 5) is 9.09. The van der Waals surface area contributed by atoms with Gasteiger partial charge in [-0.05, 0) is 56.2 Å². The van der Waals surface area contributed by atoms with Crippen LogP contribution in [0.25, 0.3) is 10.9 Å². The number of guanidine groups is 1. The van der Waals surface area contributed by atoms with Crippen LogP contribution in [0.2, 0.25) is 0 Å². The highest BCUT2D eigenvalue weighted by atomic mass is 127. The second kappa shape index (κ2) is 12.5. The van der Waals surface area contributed by atoms with E-state index in [0.29, 0.717) is 19.0 Å². The Morgan fingerprint density at radius 3 is 2.68 bits per heavy atom. The zero-order valence-electron chi connectivity index (χ0n) is 18.2. The number of ether oxygens (including phenoxy) is 1. The Bertz CT molecular complexity index is 989. The Morgan fingerprint density at radius 2 is 1.90 bits per heavy atom. The second-order valence-corrected chi connectivity index (χ2v) is 7.32. The topological polar surface area (TPSA) is 78.8 Å². The van der Waals surface area contributed by atoms with Crippen LogP contribution in [-0.4, -0.2) is 35.2 Å². The van der Waals surface area contributed by atoms with Gasteiger partial charge in [0, 0.05) is 24.7 Å². The molecule has 166 valence electrons. The molecule has 3 rings (SSSR count). The van der Waals surface area contributed by atoms with Crippen LogP contribution in [0.15, 0.2) is 65.8 Å². The number of halogens is 1. The van der Waals surface area contributed by atoms with E-state index in [1.165, 1.54) is 0 Å². The number of hydrogen-bond acceptors (Lipinski definition) is 4. The number of aliphatic hydroxyl groups is 1. The number of hydrogen-bond donors (Lipinski definition) is 3. The molecule has 7 heteroatoms. The first-order chi connectivity index (χ1) is 14.6. The smallest absolute Gasteiger partial charge is 0.191 e. The van der Waals surface area contributed by atoms with Crippen molar-refractivity contribution < 1.29 is 9.84 Å². The maximum Gasteiger partial charge on any atom is 0.191 e. The lowest BCUT2D eigenvalue weighted by Gasteiger charge is -2.17. The van der Waals surface area contributed by atoms with E-state index in [4.69, 9.17) is 4.74 Å². The summed E-state index contributed by atoms with van der Waals surface area (Å²) in [5, 5.41) is 18.2. The van der Waals surface area contributed by atoms with Gasteiger partial charge in [0.2, 0.25) is 0 Å². The van der Waals surface area contributed by atoms with E-state index < -0.39 is 6.10 Å². The monoisotopic (exact) mass is 534 g/mol. The normalized spacial score (nSPS) is 12.4. The lowest BCUT2D eigenvalue weighted by atomic mass is 10.1. The molecule has 0 aliphatic rings. The molecule has 0 bridgehead atoms. The molecule has 1 atom stereocenters. The van der Waals surface area contributed by atoms with Gasteiger partial charge >= 0.3 is 0 Å². The van der Waals surface area contributed by atoms with E-state index >= 15 is 0 Å². The largest absolute Gasteiger partial charge is 0.491 e. The number of pyridine rings is 1. The molecule has 3 N–H and O–H groups in total. The highest BCUT2D eigenvalue weighted by molar-refractivity contribution is 14.0. The van der Waals surface area contributed by atoms with Crippen LogP contribution >= 0.6 is 24.0 Å². The molecule has 0 fully saturated rings. The third-order valence-corrected chi connectivity index (χ3v) is 4.57. The van der Waals surface area contributed by atoms with Gasteiger partial charge in [0.25, 0.3) is 0 Å². The predicted octanol–water partition coefficient (Wildman–Crippen LogP) is 4.43. The van der Waals surface area contributed by atoms with Crippen LogP contribution < -0.4 is 15.4 Å². The van der Waals surface area contributed by atoms with Gasteiger partial charge < -0.3 is 20.5 Å². The molecule has 0 aliphatic heterocycles. The molecule has 0 saturated heterocycles. The summed E-state index contributed by atoms with van der Waals surface area (Å²) < 4.78 is 5.72. The average Bonchev–Trinajstić information content (AvgIpc) is 2.75. The minimum atomic E-state index is -0.675. The van der Waals surface area contributed by atoms with E-state index in [1.807, 2.05) is 75.5 Å². The summed E-state index contributed by atoms with van der Waals surface area (Å²) >= 11 is 0. The Kier molecular flexibility index (Phi) is 10.00. The van der Waals surface area contributed by atoms with Gasteiger partial charge in [0.15, 0.2) is 5.96 Å². The highest BCUT2D eigenvalue weighted by Gasteiger charge is 2.10. The van der Waals surface area contributed by atoms with Crippen molar-refractivity contribution in [1.82, 2.24) is 15.6 Å². The van der Waals surface area contributed by atoms with Gasteiger partial charge in [-0.25, -0.2) is 4.99 Å². The number of fused-ring (bicyclic) bond motifs is 1.